The van der Waals surface area contributed by atoms with Crippen LogP contribution in [0.15, 0.2) is 36.4 Å². The third-order valence-corrected chi connectivity index (χ3v) is 11.1. The zero-order valence-electron chi connectivity index (χ0n) is 38.6. The molecule has 0 saturated carbocycles. The molecule has 0 bridgehead atoms. The fourth-order valence-electron chi connectivity index (χ4n) is 7.33. The van der Waals surface area contributed by atoms with E-state index in [1.54, 1.807) is 12.1 Å². The van der Waals surface area contributed by atoms with Crippen LogP contribution in [-0.2, 0) is 44.7 Å². The number of esters is 2. The molecule has 330 valence electrons. The first-order chi connectivity index (χ1) is 30.2. The van der Waals surface area contributed by atoms with E-state index in [-0.39, 0.29) is 13.2 Å². The molecule has 0 spiro atoms. The molecule has 0 atom stereocenters. The predicted molar refractivity (Wildman–Crippen MR) is 254 cm³/mol. The van der Waals surface area contributed by atoms with Crippen molar-refractivity contribution in [3.8, 4) is 59.9 Å². The minimum absolute atomic E-state index is 0.334. The zero-order chi connectivity index (χ0) is 45.0. The number of terminal acetylenes is 2. The Kier molecular flexibility index (Phi) is 24.3. The second-order valence-electron chi connectivity index (χ2n) is 15.9. The Morgan fingerprint density at radius 1 is 0.419 bits per heavy atom. The van der Waals surface area contributed by atoms with Gasteiger partial charge < -0.3 is 18.9 Å². The summed E-state index contributed by atoms with van der Waals surface area (Å²) in [5.41, 5.74) is 9.01. The average molecular weight is 839 g/mol. The quantitative estimate of drug-likeness (QED) is 0.0456. The Hall–Kier alpha value is -5.56. The van der Waals surface area contributed by atoms with Crippen molar-refractivity contribution in [3.05, 3.63) is 92.0 Å². The number of ether oxygens (including phenoxy) is 4. The first kappa shape index (κ1) is 50.8. The molecule has 0 saturated heterocycles. The standard InChI is InChI=1S/C56H70O6/c1-9-15-19-23-27-45-37-49(47(35-43(45)13-5)29-25-21-17-11-3)31-33-51-39-54(62-42-56(58)60-8)52(40-53(51)61-41-55(57)59-7)34-32-50-38-46(28-24-20-16-10-2)44(14-6)36-48(50)30-26-22-18-12-4/h5-6,35-40H,9-12,15-30,41-42H2,1-4,7-8H3. The fraction of sp³-hybridized carbons (Fsp3) is 0.500. The fourth-order valence-corrected chi connectivity index (χ4v) is 7.33. The van der Waals surface area contributed by atoms with E-state index in [9.17, 15) is 9.59 Å². The third kappa shape index (κ3) is 17.4. The number of rotatable bonds is 26. The van der Waals surface area contributed by atoms with Crippen LogP contribution in [0.4, 0.5) is 0 Å². The number of hydrogen-bond acceptors (Lipinski definition) is 6. The van der Waals surface area contributed by atoms with Crippen molar-refractivity contribution in [2.75, 3.05) is 27.4 Å². The molecule has 3 aromatic rings. The van der Waals surface area contributed by atoms with Gasteiger partial charge in [0.2, 0.25) is 0 Å². The van der Waals surface area contributed by atoms with E-state index in [2.05, 4.69) is 87.5 Å². The van der Waals surface area contributed by atoms with Gasteiger partial charge in [-0.2, -0.15) is 0 Å². The SMILES string of the molecule is C#Cc1cc(CCCCCC)c(C#Cc2cc(OCC(=O)OC)c(C#Cc3cc(CCCCCC)c(C#C)cc3CCCCCC)cc2OCC(=O)OC)cc1CCCCCC. The van der Waals surface area contributed by atoms with Crippen LogP contribution in [0.3, 0.4) is 0 Å². The second kappa shape index (κ2) is 29.7. The van der Waals surface area contributed by atoms with Crippen LogP contribution >= 0.6 is 0 Å². The number of benzene rings is 3. The highest BCUT2D eigenvalue weighted by Gasteiger charge is 2.16. The lowest BCUT2D eigenvalue weighted by Gasteiger charge is -2.14. The Morgan fingerprint density at radius 2 is 0.710 bits per heavy atom. The Morgan fingerprint density at radius 3 is 1.00 bits per heavy atom. The molecular formula is C56H70O6. The number of carbonyl (C=O) groups excluding carboxylic acids is 2. The topological polar surface area (TPSA) is 71.1 Å². The molecule has 0 aliphatic carbocycles. The highest BCUT2D eigenvalue weighted by Crippen LogP contribution is 2.30. The van der Waals surface area contributed by atoms with Crippen molar-refractivity contribution in [2.45, 2.75) is 156 Å². The lowest BCUT2D eigenvalue weighted by atomic mass is 9.92. The molecule has 0 heterocycles. The molecular weight excluding hydrogens is 769 g/mol. The average Bonchev–Trinajstić information content (AvgIpc) is 3.29. The van der Waals surface area contributed by atoms with Crippen LogP contribution in [0.25, 0.3) is 0 Å². The Labute approximate surface area is 374 Å². The number of methoxy groups -OCH3 is 2. The summed E-state index contributed by atoms with van der Waals surface area (Å²) in [6.45, 7) is 8.16. The molecule has 0 unspecified atom stereocenters. The smallest absolute Gasteiger partial charge is 0.343 e. The largest absolute Gasteiger partial charge is 0.481 e. The van der Waals surface area contributed by atoms with Crippen molar-refractivity contribution < 1.29 is 28.5 Å². The molecule has 62 heavy (non-hydrogen) atoms. The first-order valence-corrected chi connectivity index (χ1v) is 23.1. The highest BCUT2D eigenvalue weighted by molar-refractivity contribution is 5.72. The number of carbonyl (C=O) groups is 2. The zero-order valence-corrected chi connectivity index (χ0v) is 38.6. The van der Waals surface area contributed by atoms with E-state index in [0.29, 0.717) is 22.6 Å². The van der Waals surface area contributed by atoms with Crippen molar-refractivity contribution in [1.29, 1.82) is 0 Å². The van der Waals surface area contributed by atoms with Crippen LogP contribution in [0, 0.1) is 48.4 Å². The molecule has 0 fully saturated rings. The van der Waals surface area contributed by atoms with E-state index < -0.39 is 11.9 Å². The molecule has 3 aromatic carbocycles. The molecule has 3 rings (SSSR count). The van der Waals surface area contributed by atoms with Gasteiger partial charge in [-0.05, 0) is 97.9 Å². The van der Waals surface area contributed by atoms with Gasteiger partial charge in [0.1, 0.15) is 11.5 Å². The lowest BCUT2D eigenvalue weighted by molar-refractivity contribution is -0.143. The monoisotopic (exact) mass is 839 g/mol. The number of unbranched alkanes of at least 4 members (excludes halogenated alkanes) is 12. The van der Waals surface area contributed by atoms with Gasteiger partial charge in [0.15, 0.2) is 13.2 Å². The van der Waals surface area contributed by atoms with E-state index >= 15 is 0 Å². The first-order valence-electron chi connectivity index (χ1n) is 23.1. The maximum Gasteiger partial charge on any atom is 0.343 e. The van der Waals surface area contributed by atoms with Crippen molar-refractivity contribution >= 4 is 11.9 Å². The molecule has 0 amide bonds. The van der Waals surface area contributed by atoms with Crippen molar-refractivity contribution in [3.63, 3.8) is 0 Å². The van der Waals surface area contributed by atoms with Crippen LogP contribution in [-0.4, -0.2) is 39.4 Å². The maximum atomic E-state index is 12.4. The third-order valence-electron chi connectivity index (χ3n) is 11.1. The summed E-state index contributed by atoms with van der Waals surface area (Å²) in [5.74, 6) is 19.1. The number of aryl methyl sites for hydroxylation is 4. The predicted octanol–water partition coefficient (Wildman–Crippen LogP) is 12.0. The van der Waals surface area contributed by atoms with E-state index in [1.165, 1.54) is 39.9 Å². The van der Waals surface area contributed by atoms with Crippen LogP contribution in [0.1, 0.15) is 186 Å². The van der Waals surface area contributed by atoms with Crippen LogP contribution in [0.2, 0.25) is 0 Å². The Balaban J connectivity index is 2.26. The summed E-state index contributed by atoms with van der Waals surface area (Å²) in [6, 6.07) is 12.0. The van der Waals surface area contributed by atoms with Gasteiger partial charge in [-0.25, -0.2) is 9.59 Å². The summed E-state index contributed by atoms with van der Waals surface area (Å²) < 4.78 is 22.1. The summed E-state index contributed by atoms with van der Waals surface area (Å²) >= 11 is 0. The molecule has 0 aliphatic rings. The highest BCUT2D eigenvalue weighted by atomic mass is 16.6. The Bertz CT molecular complexity index is 1950. The normalized spacial score (nSPS) is 10.4. The molecule has 0 radical (unpaired) electrons. The number of hydrogen-bond donors (Lipinski definition) is 0. The van der Waals surface area contributed by atoms with Gasteiger partial charge in [-0.1, -0.05) is 140 Å². The molecule has 6 nitrogen and oxygen atoms in total. The summed E-state index contributed by atoms with van der Waals surface area (Å²) in [6.07, 6.45) is 33.6. The van der Waals surface area contributed by atoms with E-state index in [1.807, 2.05) is 0 Å². The maximum absolute atomic E-state index is 12.4. The molecule has 0 N–H and O–H groups in total. The summed E-state index contributed by atoms with van der Waals surface area (Å²) in [4.78, 5) is 24.8. The van der Waals surface area contributed by atoms with E-state index in [4.69, 9.17) is 31.8 Å². The van der Waals surface area contributed by atoms with Gasteiger partial charge in [-0.15, -0.1) is 12.8 Å². The van der Waals surface area contributed by atoms with Gasteiger partial charge in [0.25, 0.3) is 0 Å². The summed E-state index contributed by atoms with van der Waals surface area (Å²) in [7, 11) is 2.64. The second-order valence-corrected chi connectivity index (χ2v) is 15.9. The minimum Gasteiger partial charge on any atom is -0.481 e. The lowest BCUT2D eigenvalue weighted by Crippen LogP contribution is -2.14. The molecule has 0 aliphatic heterocycles. The molecule has 0 aromatic heterocycles. The van der Waals surface area contributed by atoms with Crippen molar-refractivity contribution in [1.82, 2.24) is 0 Å². The van der Waals surface area contributed by atoms with Crippen molar-refractivity contribution in [2.24, 2.45) is 0 Å². The van der Waals surface area contributed by atoms with Gasteiger partial charge in [0, 0.05) is 34.4 Å². The van der Waals surface area contributed by atoms with Gasteiger partial charge in [0.05, 0.1) is 25.3 Å². The summed E-state index contributed by atoms with van der Waals surface area (Å²) in [5, 5.41) is 0. The van der Waals surface area contributed by atoms with Gasteiger partial charge >= 0.3 is 11.9 Å². The van der Waals surface area contributed by atoms with Crippen LogP contribution in [0.5, 0.6) is 11.5 Å². The van der Waals surface area contributed by atoms with Gasteiger partial charge in [-0.3, -0.25) is 0 Å². The molecule has 6 heteroatoms. The minimum atomic E-state index is -0.540. The van der Waals surface area contributed by atoms with Crippen LogP contribution < -0.4 is 9.47 Å². The van der Waals surface area contributed by atoms with E-state index in [0.717, 1.165) is 147 Å².